The van der Waals surface area contributed by atoms with Crippen molar-refractivity contribution in [3.05, 3.63) is 144 Å². The molecular formula is C39H30O6. The third-order valence-electron chi connectivity index (χ3n) is 8.61. The molecule has 0 saturated heterocycles. The van der Waals surface area contributed by atoms with Gasteiger partial charge in [0.1, 0.15) is 11.5 Å². The highest BCUT2D eigenvalue weighted by atomic mass is 16.5. The quantitative estimate of drug-likeness (QED) is 0.166. The molecule has 45 heavy (non-hydrogen) atoms. The second-order valence-corrected chi connectivity index (χ2v) is 11.3. The Morgan fingerprint density at radius 1 is 0.511 bits per heavy atom. The van der Waals surface area contributed by atoms with E-state index in [1.54, 1.807) is 0 Å². The Hall–Kier alpha value is -5.62. The van der Waals surface area contributed by atoms with Crippen LogP contribution in [0.5, 0.6) is 11.5 Å². The monoisotopic (exact) mass is 594 g/mol. The first-order valence-corrected chi connectivity index (χ1v) is 14.9. The standard InChI is InChI=1S/C39H30O6/c40-37(41)17-19-44-31-15-11-25-21-29(13-9-27(25)23-31)39(35-7-3-1-5-33(35)34-6-2-4-8-36(34)39)30-14-10-28-24-32(16-12-26(28)22-30)45-20-18-38(42)43/h1-16,21-24H,17-20H2,(H,40,41)(H,42,43). The summed E-state index contributed by atoms with van der Waals surface area (Å²) in [5.74, 6) is -0.491. The van der Waals surface area contributed by atoms with Crippen LogP contribution in [0, 0.1) is 0 Å². The zero-order chi connectivity index (χ0) is 31.0. The third-order valence-corrected chi connectivity index (χ3v) is 8.61. The van der Waals surface area contributed by atoms with Crippen molar-refractivity contribution in [3.8, 4) is 22.6 Å². The van der Waals surface area contributed by atoms with E-state index in [-0.39, 0.29) is 26.1 Å². The second-order valence-electron chi connectivity index (χ2n) is 11.3. The molecule has 0 bridgehead atoms. The molecule has 1 aliphatic rings. The maximum Gasteiger partial charge on any atom is 0.306 e. The Morgan fingerprint density at radius 3 is 1.36 bits per heavy atom. The number of ether oxygens (including phenoxy) is 2. The predicted molar refractivity (Wildman–Crippen MR) is 174 cm³/mol. The van der Waals surface area contributed by atoms with Gasteiger partial charge in [-0.15, -0.1) is 0 Å². The molecule has 6 aromatic rings. The summed E-state index contributed by atoms with van der Waals surface area (Å²) in [5.41, 5.74) is 6.54. The third kappa shape index (κ3) is 5.04. The molecule has 6 nitrogen and oxygen atoms in total. The van der Waals surface area contributed by atoms with Gasteiger partial charge >= 0.3 is 11.9 Å². The minimum atomic E-state index is -0.888. The van der Waals surface area contributed by atoms with Gasteiger partial charge < -0.3 is 19.7 Å². The molecule has 1 aliphatic carbocycles. The molecule has 6 heteroatoms. The van der Waals surface area contributed by atoms with Crippen molar-refractivity contribution in [3.63, 3.8) is 0 Å². The van der Waals surface area contributed by atoms with Crippen molar-refractivity contribution in [1.82, 2.24) is 0 Å². The summed E-state index contributed by atoms with van der Waals surface area (Å²) < 4.78 is 11.4. The molecule has 0 heterocycles. The first-order chi connectivity index (χ1) is 21.9. The molecular weight excluding hydrogens is 564 g/mol. The molecule has 6 aromatic carbocycles. The smallest absolute Gasteiger partial charge is 0.306 e. The lowest BCUT2D eigenvalue weighted by molar-refractivity contribution is -0.138. The van der Waals surface area contributed by atoms with E-state index < -0.39 is 17.4 Å². The largest absolute Gasteiger partial charge is 0.493 e. The van der Waals surface area contributed by atoms with Crippen molar-refractivity contribution >= 4 is 33.5 Å². The van der Waals surface area contributed by atoms with Crippen LogP contribution in [0.4, 0.5) is 0 Å². The summed E-state index contributed by atoms with van der Waals surface area (Å²) in [6, 6.07) is 42.1. The van der Waals surface area contributed by atoms with Gasteiger partial charge in [-0.2, -0.15) is 0 Å². The van der Waals surface area contributed by atoms with Gasteiger partial charge in [0.15, 0.2) is 0 Å². The van der Waals surface area contributed by atoms with Crippen LogP contribution in [0.1, 0.15) is 35.1 Å². The lowest BCUT2D eigenvalue weighted by Gasteiger charge is -2.34. The van der Waals surface area contributed by atoms with Crippen LogP contribution in [0.3, 0.4) is 0 Å². The van der Waals surface area contributed by atoms with Crippen molar-refractivity contribution in [2.75, 3.05) is 13.2 Å². The average molecular weight is 595 g/mol. The Bertz CT molecular complexity index is 1950. The molecule has 7 rings (SSSR count). The molecule has 0 saturated carbocycles. The number of rotatable bonds is 10. The van der Waals surface area contributed by atoms with Crippen LogP contribution in [-0.4, -0.2) is 35.4 Å². The van der Waals surface area contributed by atoms with Gasteiger partial charge in [-0.05, 0) is 91.3 Å². The van der Waals surface area contributed by atoms with Gasteiger partial charge in [-0.1, -0.05) is 84.9 Å². The number of carboxylic acids is 2. The number of hydrogen-bond acceptors (Lipinski definition) is 4. The van der Waals surface area contributed by atoms with E-state index in [2.05, 4.69) is 84.9 Å². The van der Waals surface area contributed by atoms with Crippen LogP contribution in [0.2, 0.25) is 0 Å². The first kappa shape index (κ1) is 28.2. The molecule has 0 fully saturated rings. The summed E-state index contributed by atoms with van der Waals surface area (Å²) in [6.07, 6.45) is -0.105. The van der Waals surface area contributed by atoms with Crippen molar-refractivity contribution in [2.24, 2.45) is 0 Å². The molecule has 0 amide bonds. The van der Waals surface area contributed by atoms with E-state index in [9.17, 15) is 9.59 Å². The van der Waals surface area contributed by atoms with E-state index in [1.807, 2.05) is 36.4 Å². The van der Waals surface area contributed by atoms with Gasteiger partial charge in [0, 0.05) is 0 Å². The van der Waals surface area contributed by atoms with Crippen LogP contribution >= 0.6 is 0 Å². The maximum atomic E-state index is 10.9. The van der Waals surface area contributed by atoms with E-state index in [1.165, 1.54) is 22.3 Å². The fraction of sp³-hybridized carbons (Fsp3) is 0.128. The number of carbonyl (C=O) groups is 2. The Kier molecular flexibility index (Phi) is 7.18. The molecule has 0 aromatic heterocycles. The van der Waals surface area contributed by atoms with Crippen LogP contribution in [0.25, 0.3) is 32.7 Å². The number of fused-ring (bicyclic) bond motifs is 5. The number of aliphatic carboxylic acids is 2. The summed E-state index contributed by atoms with van der Waals surface area (Å²) in [7, 11) is 0. The van der Waals surface area contributed by atoms with Crippen molar-refractivity contribution in [2.45, 2.75) is 18.3 Å². The highest BCUT2D eigenvalue weighted by Gasteiger charge is 2.46. The highest BCUT2D eigenvalue weighted by molar-refractivity contribution is 5.92. The molecule has 0 spiro atoms. The van der Waals surface area contributed by atoms with E-state index >= 15 is 0 Å². The SMILES string of the molecule is O=C(O)CCOc1ccc2cc(C3(c4ccc5cc(OCCC(=O)O)ccc5c4)c4ccccc4-c4ccccc43)ccc2c1. The zero-order valence-corrected chi connectivity index (χ0v) is 24.4. The molecule has 2 N–H and O–H groups in total. The number of benzene rings is 6. The zero-order valence-electron chi connectivity index (χ0n) is 24.4. The van der Waals surface area contributed by atoms with Gasteiger partial charge in [0.25, 0.3) is 0 Å². The maximum absolute atomic E-state index is 10.9. The first-order valence-electron chi connectivity index (χ1n) is 14.9. The molecule has 0 aliphatic heterocycles. The minimum absolute atomic E-state index is 0.0524. The summed E-state index contributed by atoms with van der Waals surface area (Å²) in [6.45, 7) is 0.237. The Labute approximate surface area is 260 Å². The molecule has 222 valence electrons. The van der Waals surface area contributed by atoms with Gasteiger partial charge in [0.2, 0.25) is 0 Å². The van der Waals surface area contributed by atoms with E-state index in [4.69, 9.17) is 19.7 Å². The minimum Gasteiger partial charge on any atom is -0.493 e. The Morgan fingerprint density at radius 2 is 0.911 bits per heavy atom. The van der Waals surface area contributed by atoms with Crippen LogP contribution < -0.4 is 9.47 Å². The highest BCUT2D eigenvalue weighted by Crippen LogP contribution is 2.56. The molecule has 0 radical (unpaired) electrons. The predicted octanol–water partition coefficient (Wildman–Crippen LogP) is 8.06. The van der Waals surface area contributed by atoms with Crippen molar-refractivity contribution < 1.29 is 29.3 Å². The lowest BCUT2D eigenvalue weighted by Crippen LogP contribution is -2.28. The normalized spacial score (nSPS) is 12.9. The average Bonchev–Trinajstić information content (AvgIpc) is 3.35. The van der Waals surface area contributed by atoms with Crippen LogP contribution in [-0.2, 0) is 15.0 Å². The lowest BCUT2D eigenvalue weighted by atomic mass is 9.67. The summed E-state index contributed by atoms with van der Waals surface area (Å²) in [5, 5.41) is 22.1. The molecule has 0 atom stereocenters. The van der Waals surface area contributed by atoms with Crippen LogP contribution in [0.15, 0.2) is 121 Å². The van der Waals surface area contributed by atoms with Gasteiger partial charge in [-0.3, -0.25) is 9.59 Å². The van der Waals surface area contributed by atoms with E-state index in [0.29, 0.717) is 11.5 Å². The van der Waals surface area contributed by atoms with Gasteiger partial charge in [0.05, 0.1) is 31.5 Å². The second kappa shape index (κ2) is 11.5. The summed E-state index contributed by atoms with van der Waals surface area (Å²) >= 11 is 0. The fourth-order valence-corrected chi connectivity index (χ4v) is 6.63. The number of hydrogen-bond donors (Lipinski definition) is 2. The topological polar surface area (TPSA) is 93.1 Å². The van der Waals surface area contributed by atoms with E-state index in [0.717, 1.165) is 32.7 Å². The van der Waals surface area contributed by atoms with Gasteiger partial charge in [-0.25, -0.2) is 0 Å². The van der Waals surface area contributed by atoms with Crippen molar-refractivity contribution in [1.29, 1.82) is 0 Å². The summed E-state index contributed by atoms with van der Waals surface area (Å²) in [4.78, 5) is 21.9. The fourth-order valence-electron chi connectivity index (χ4n) is 6.63. The molecule has 0 unspecified atom stereocenters. The Balaban J connectivity index is 1.37. The number of carboxylic acid groups (broad SMARTS) is 2.